The predicted molar refractivity (Wildman–Crippen MR) is 91.0 cm³/mol. The molecule has 0 fully saturated rings. The van der Waals surface area contributed by atoms with E-state index in [0.717, 1.165) is 11.6 Å². The summed E-state index contributed by atoms with van der Waals surface area (Å²) < 4.78 is 20.8. The maximum Gasteiger partial charge on any atom is 0.338 e. The van der Waals surface area contributed by atoms with Crippen LogP contribution in [0.5, 0.6) is 0 Å². The van der Waals surface area contributed by atoms with Gasteiger partial charge in [0.05, 0.1) is 23.8 Å². The second kappa shape index (κ2) is 6.10. The number of pyridine rings is 1. The molecular weight excluding hydrogens is 341 g/mol. The number of aromatic carboxylic acids is 1. The van der Waals surface area contributed by atoms with Crippen LogP contribution in [0.25, 0.3) is 22.2 Å². The van der Waals surface area contributed by atoms with E-state index in [9.17, 15) is 9.18 Å². The molecule has 2 aromatic heterocycles. The van der Waals surface area contributed by atoms with E-state index in [4.69, 9.17) is 9.84 Å². The van der Waals surface area contributed by atoms with Gasteiger partial charge in [-0.1, -0.05) is 6.07 Å². The normalized spacial score (nSPS) is 16.2. The smallest absolute Gasteiger partial charge is 0.338 e. The molecule has 1 atom stereocenters. The molecular formula is C17H14FN5O3. The van der Waals surface area contributed by atoms with E-state index in [2.05, 4.69) is 20.6 Å². The van der Waals surface area contributed by atoms with Crippen molar-refractivity contribution in [2.75, 3.05) is 0 Å². The van der Waals surface area contributed by atoms with Crippen LogP contribution in [0.3, 0.4) is 0 Å². The number of carbonyl (C=O) groups is 1. The molecule has 1 aromatic carbocycles. The Morgan fingerprint density at radius 2 is 2.19 bits per heavy atom. The summed E-state index contributed by atoms with van der Waals surface area (Å²) in [6, 6.07) is 5.78. The summed E-state index contributed by atoms with van der Waals surface area (Å²) in [6.45, 7) is 2.17. The fraction of sp³-hybridized carbons (Fsp3) is 0.176. The van der Waals surface area contributed by atoms with Gasteiger partial charge >= 0.3 is 5.97 Å². The summed E-state index contributed by atoms with van der Waals surface area (Å²) in [4.78, 5) is 15.5. The second-order valence-corrected chi connectivity index (χ2v) is 5.82. The summed E-state index contributed by atoms with van der Waals surface area (Å²) in [5, 5.41) is 17.4. The Kier molecular flexibility index (Phi) is 3.76. The van der Waals surface area contributed by atoms with Crippen molar-refractivity contribution in [1.82, 2.24) is 20.2 Å². The summed E-state index contributed by atoms with van der Waals surface area (Å²) in [5.41, 5.74) is 5.13. The number of fused-ring (bicyclic) bond motifs is 1. The minimum atomic E-state index is -1.32. The molecule has 3 aromatic rings. The average molecular weight is 355 g/mol. The van der Waals surface area contributed by atoms with Crippen LogP contribution in [0, 0.1) is 5.82 Å². The Morgan fingerprint density at radius 3 is 2.92 bits per heavy atom. The standard InChI is InChI=1S/C17H14FN5O3/c1-9-21-22-16(26-9)8-23-15-5-11(6-19-14(15)7-20-23)10-2-3-13(18)12(4-10)17(24)25/h2-7,16,22H,8H2,1H3,(H,24,25). The number of aromatic nitrogens is 3. The number of nitrogens with zero attached hydrogens (tertiary/aromatic N) is 4. The lowest BCUT2D eigenvalue weighted by atomic mass is 10.0. The first-order valence-electron chi connectivity index (χ1n) is 7.82. The topological polar surface area (TPSA) is 102 Å². The van der Waals surface area contributed by atoms with E-state index < -0.39 is 11.8 Å². The molecule has 1 aliphatic heterocycles. The molecule has 2 N–H and O–H groups in total. The molecule has 1 aliphatic rings. The van der Waals surface area contributed by atoms with Crippen molar-refractivity contribution in [2.24, 2.45) is 5.10 Å². The molecule has 0 bridgehead atoms. The first-order valence-corrected chi connectivity index (χ1v) is 7.82. The van der Waals surface area contributed by atoms with Crippen LogP contribution in [0.15, 0.2) is 41.8 Å². The number of carboxylic acid groups (broad SMARTS) is 1. The fourth-order valence-corrected chi connectivity index (χ4v) is 2.79. The number of halogens is 1. The largest absolute Gasteiger partial charge is 0.478 e. The van der Waals surface area contributed by atoms with Gasteiger partial charge in [-0.3, -0.25) is 15.1 Å². The molecule has 8 nitrogen and oxygen atoms in total. The fourth-order valence-electron chi connectivity index (χ4n) is 2.79. The van der Waals surface area contributed by atoms with Crippen LogP contribution in [0.2, 0.25) is 0 Å². The summed E-state index contributed by atoms with van der Waals surface area (Å²) in [6.07, 6.45) is 2.91. The third kappa shape index (κ3) is 2.83. The van der Waals surface area contributed by atoms with Crippen molar-refractivity contribution in [3.63, 3.8) is 0 Å². The average Bonchev–Trinajstić information content (AvgIpc) is 3.21. The zero-order valence-electron chi connectivity index (χ0n) is 13.7. The van der Waals surface area contributed by atoms with E-state index in [-0.39, 0.29) is 11.8 Å². The number of carboxylic acids is 1. The highest BCUT2D eigenvalue weighted by atomic mass is 19.1. The number of hydrogen-bond donors (Lipinski definition) is 2. The van der Waals surface area contributed by atoms with Gasteiger partial charge in [-0.2, -0.15) is 5.10 Å². The van der Waals surface area contributed by atoms with E-state index in [0.29, 0.717) is 29.1 Å². The van der Waals surface area contributed by atoms with Crippen molar-refractivity contribution >= 4 is 22.9 Å². The molecule has 1 unspecified atom stereocenters. The molecule has 0 saturated carbocycles. The molecule has 132 valence electrons. The number of nitrogens with one attached hydrogen (secondary N) is 1. The first-order chi connectivity index (χ1) is 12.5. The maximum absolute atomic E-state index is 13.6. The van der Waals surface area contributed by atoms with Gasteiger partial charge in [-0.05, 0) is 23.8 Å². The van der Waals surface area contributed by atoms with Gasteiger partial charge in [0.15, 0.2) is 0 Å². The van der Waals surface area contributed by atoms with Crippen molar-refractivity contribution in [3.8, 4) is 11.1 Å². The Bertz CT molecular complexity index is 1050. The molecule has 9 heteroatoms. The summed E-state index contributed by atoms with van der Waals surface area (Å²) in [5.74, 6) is -1.54. The Morgan fingerprint density at radius 1 is 1.35 bits per heavy atom. The number of hydrazone groups is 1. The van der Waals surface area contributed by atoms with E-state index in [1.165, 1.54) is 12.1 Å². The predicted octanol–water partition coefficient (Wildman–Crippen LogP) is 2.21. The van der Waals surface area contributed by atoms with Crippen molar-refractivity contribution in [2.45, 2.75) is 19.7 Å². The van der Waals surface area contributed by atoms with E-state index in [1.54, 1.807) is 24.0 Å². The second-order valence-electron chi connectivity index (χ2n) is 5.82. The van der Waals surface area contributed by atoms with Crippen molar-refractivity contribution in [1.29, 1.82) is 0 Å². The third-order valence-corrected chi connectivity index (χ3v) is 4.04. The van der Waals surface area contributed by atoms with E-state index in [1.807, 2.05) is 6.07 Å². The molecule has 0 radical (unpaired) electrons. The van der Waals surface area contributed by atoms with Gasteiger partial charge in [0.1, 0.15) is 11.3 Å². The lowest BCUT2D eigenvalue weighted by molar-refractivity contribution is 0.0692. The minimum Gasteiger partial charge on any atom is -0.478 e. The monoisotopic (exact) mass is 355 g/mol. The Hall–Kier alpha value is -3.49. The van der Waals surface area contributed by atoms with Crippen LogP contribution in [0.1, 0.15) is 17.3 Å². The number of ether oxygens (including phenoxy) is 1. The Balaban J connectivity index is 1.70. The lowest BCUT2D eigenvalue weighted by Gasteiger charge is -2.11. The highest BCUT2D eigenvalue weighted by Crippen LogP contribution is 2.25. The first kappa shape index (κ1) is 16.0. The number of hydrogen-bond acceptors (Lipinski definition) is 6. The van der Waals surface area contributed by atoms with Gasteiger partial charge in [-0.25, -0.2) is 9.18 Å². The van der Waals surface area contributed by atoms with Crippen LogP contribution < -0.4 is 5.43 Å². The van der Waals surface area contributed by atoms with Gasteiger partial charge < -0.3 is 9.84 Å². The van der Waals surface area contributed by atoms with Gasteiger partial charge in [0.2, 0.25) is 12.1 Å². The molecule has 4 rings (SSSR count). The van der Waals surface area contributed by atoms with Gasteiger partial charge in [-0.15, -0.1) is 5.10 Å². The quantitative estimate of drug-likeness (QED) is 0.744. The molecule has 3 heterocycles. The maximum atomic E-state index is 13.6. The van der Waals surface area contributed by atoms with Crippen LogP contribution in [0.4, 0.5) is 4.39 Å². The molecule has 0 saturated heterocycles. The Labute approximate surface area is 146 Å². The zero-order valence-corrected chi connectivity index (χ0v) is 13.7. The summed E-state index contributed by atoms with van der Waals surface area (Å²) >= 11 is 0. The van der Waals surface area contributed by atoms with Crippen LogP contribution >= 0.6 is 0 Å². The van der Waals surface area contributed by atoms with Gasteiger partial charge in [0.25, 0.3) is 0 Å². The van der Waals surface area contributed by atoms with Crippen molar-refractivity contribution < 1.29 is 19.0 Å². The minimum absolute atomic E-state index is 0.328. The van der Waals surface area contributed by atoms with Crippen LogP contribution in [-0.4, -0.2) is 38.0 Å². The summed E-state index contributed by atoms with van der Waals surface area (Å²) in [7, 11) is 0. The molecule has 0 aliphatic carbocycles. The van der Waals surface area contributed by atoms with Gasteiger partial charge in [0, 0.05) is 18.7 Å². The lowest BCUT2D eigenvalue weighted by Crippen LogP contribution is -2.27. The van der Waals surface area contributed by atoms with Crippen molar-refractivity contribution in [3.05, 3.63) is 48.0 Å². The molecule has 0 amide bonds. The third-order valence-electron chi connectivity index (χ3n) is 4.04. The van der Waals surface area contributed by atoms with Crippen LogP contribution in [-0.2, 0) is 11.3 Å². The number of benzene rings is 1. The highest BCUT2D eigenvalue weighted by Gasteiger charge is 2.19. The van der Waals surface area contributed by atoms with E-state index >= 15 is 0 Å². The molecule has 26 heavy (non-hydrogen) atoms. The zero-order chi connectivity index (χ0) is 18.3. The molecule has 0 spiro atoms. The highest BCUT2D eigenvalue weighted by molar-refractivity contribution is 5.90. The number of rotatable bonds is 4. The SMILES string of the molecule is CC1=NNC(Cn2ncc3ncc(-c4ccc(F)c(C(=O)O)c4)cc32)O1.